The molecule has 20 heavy (non-hydrogen) atoms. The Balaban J connectivity index is 2.18. The SMILES string of the molecule is COC(=O)c1ccc(NC(=O)c2ccncc2)c(O)c1. The maximum Gasteiger partial charge on any atom is 0.337 e. The third-order valence-electron chi connectivity index (χ3n) is 2.61. The number of hydrogen-bond donors (Lipinski definition) is 2. The van der Waals surface area contributed by atoms with Crippen LogP contribution in [0.4, 0.5) is 5.69 Å². The number of anilines is 1. The number of benzene rings is 1. The highest BCUT2D eigenvalue weighted by molar-refractivity contribution is 6.05. The standard InChI is InChI=1S/C14H12N2O4/c1-20-14(19)10-2-3-11(12(17)8-10)16-13(18)9-4-6-15-7-5-9/h2-8,17H,1H3,(H,16,18). The minimum absolute atomic E-state index is 0.201. The molecule has 2 rings (SSSR count). The molecule has 1 aromatic carbocycles. The Morgan fingerprint density at radius 1 is 1.15 bits per heavy atom. The van der Waals surface area contributed by atoms with Crippen molar-refractivity contribution >= 4 is 17.6 Å². The average Bonchev–Trinajstić information content (AvgIpc) is 2.49. The van der Waals surface area contributed by atoms with Crippen molar-refractivity contribution in [3.05, 3.63) is 53.9 Å². The third-order valence-corrected chi connectivity index (χ3v) is 2.61. The molecule has 2 N–H and O–H groups in total. The minimum atomic E-state index is -0.563. The zero-order valence-corrected chi connectivity index (χ0v) is 10.7. The van der Waals surface area contributed by atoms with Gasteiger partial charge in [0, 0.05) is 18.0 Å². The van der Waals surface area contributed by atoms with Crippen LogP contribution in [-0.4, -0.2) is 29.1 Å². The molecule has 0 fully saturated rings. The third kappa shape index (κ3) is 2.92. The van der Waals surface area contributed by atoms with Crippen LogP contribution in [0.25, 0.3) is 0 Å². The summed E-state index contributed by atoms with van der Waals surface area (Å²) in [5.74, 6) is -1.16. The predicted molar refractivity (Wildman–Crippen MR) is 71.6 cm³/mol. The average molecular weight is 272 g/mol. The number of aromatic nitrogens is 1. The molecular formula is C14H12N2O4. The molecule has 1 aromatic heterocycles. The Morgan fingerprint density at radius 3 is 2.45 bits per heavy atom. The second-order valence-corrected chi connectivity index (χ2v) is 3.91. The predicted octanol–water partition coefficient (Wildman–Crippen LogP) is 1.83. The fraction of sp³-hybridized carbons (Fsp3) is 0.0714. The molecule has 0 saturated heterocycles. The number of carbonyl (C=O) groups is 2. The highest BCUT2D eigenvalue weighted by atomic mass is 16.5. The summed E-state index contributed by atoms with van der Waals surface area (Å²) < 4.78 is 4.54. The summed E-state index contributed by atoms with van der Waals surface area (Å²) in [6.45, 7) is 0. The van der Waals surface area contributed by atoms with E-state index >= 15 is 0 Å². The van der Waals surface area contributed by atoms with Gasteiger partial charge in [-0.25, -0.2) is 4.79 Å². The Hall–Kier alpha value is -2.89. The van der Waals surface area contributed by atoms with Crippen LogP contribution in [0.3, 0.4) is 0 Å². The number of pyridine rings is 1. The van der Waals surface area contributed by atoms with Crippen LogP contribution in [-0.2, 0) is 4.74 Å². The molecular weight excluding hydrogens is 260 g/mol. The lowest BCUT2D eigenvalue weighted by Crippen LogP contribution is -2.12. The van der Waals surface area contributed by atoms with Gasteiger partial charge in [-0.05, 0) is 30.3 Å². The summed E-state index contributed by atoms with van der Waals surface area (Å²) >= 11 is 0. The van der Waals surface area contributed by atoms with E-state index in [-0.39, 0.29) is 22.9 Å². The first-order valence-electron chi connectivity index (χ1n) is 5.74. The highest BCUT2D eigenvalue weighted by Gasteiger charge is 2.12. The van der Waals surface area contributed by atoms with Gasteiger partial charge < -0.3 is 15.2 Å². The van der Waals surface area contributed by atoms with Gasteiger partial charge in [0.2, 0.25) is 0 Å². The number of carbonyl (C=O) groups excluding carboxylic acids is 2. The topological polar surface area (TPSA) is 88.5 Å². The van der Waals surface area contributed by atoms with Crippen molar-refractivity contribution in [2.45, 2.75) is 0 Å². The summed E-state index contributed by atoms with van der Waals surface area (Å²) in [4.78, 5) is 27.0. The normalized spacial score (nSPS) is 9.85. The number of ether oxygens (including phenoxy) is 1. The van der Waals surface area contributed by atoms with Gasteiger partial charge in [0.15, 0.2) is 0 Å². The summed E-state index contributed by atoms with van der Waals surface area (Å²) in [5, 5.41) is 12.3. The van der Waals surface area contributed by atoms with Crippen molar-refractivity contribution in [1.29, 1.82) is 0 Å². The molecule has 0 saturated carbocycles. The van der Waals surface area contributed by atoms with E-state index in [1.54, 1.807) is 12.1 Å². The first-order valence-corrected chi connectivity index (χ1v) is 5.74. The molecule has 6 nitrogen and oxygen atoms in total. The number of methoxy groups -OCH3 is 1. The van der Waals surface area contributed by atoms with Crippen LogP contribution < -0.4 is 5.32 Å². The molecule has 0 aliphatic heterocycles. The number of rotatable bonds is 3. The van der Waals surface area contributed by atoms with Gasteiger partial charge in [-0.15, -0.1) is 0 Å². The van der Waals surface area contributed by atoms with Crippen molar-refractivity contribution in [3.63, 3.8) is 0 Å². The van der Waals surface area contributed by atoms with Crippen LogP contribution in [0, 0.1) is 0 Å². The molecule has 0 atom stereocenters. The van der Waals surface area contributed by atoms with Crippen molar-refractivity contribution < 1.29 is 19.4 Å². The first kappa shape index (κ1) is 13.5. The maximum atomic E-state index is 11.9. The van der Waals surface area contributed by atoms with Gasteiger partial charge in [-0.1, -0.05) is 0 Å². The molecule has 2 aromatic rings. The van der Waals surface area contributed by atoms with E-state index in [2.05, 4.69) is 15.0 Å². The largest absolute Gasteiger partial charge is 0.506 e. The molecule has 0 aliphatic rings. The number of nitrogens with zero attached hydrogens (tertiary/aromatic N) is 1. The number of nitrogens with one attached hydrogen (secondary N) is 1. The zero-order valence-electron chi connectivity index (χ0n) is 10.7. The molecule has 0 spiro atoms. The van der Waals surface area contributed by atoms with E-state index in [9.17, 15) is 14.7 Å². The minimum Gasteiger partial charge on any atom is -0.506 e. The summed E-state index contributed by atoms with van der Waals surface area (Å²) in [5.41, 5.74) is 0.822. The van der Waals surface area contributed by atoms with Gasteiger partial charge in [-0.3, -0.25) is 9.78 Å². The van der Waals surface area contributed by atoms with Crippen molar-refractivity contribution in [1.82, 2.24) is 4.98 Å². The molecule has 6 heteroatoms. The van der Waals surface area contributed by atoms with Crippen molar-refractivity contribution in [2.24, 2.45) is 0 Å². The van der Waals surface area contributed by atoms with Gasteiger partial charge in [0.1, 0.15) is 5.75 Å². The molecule has 0 unspecified atom stereocenters. The summed E-state index contributed by atoms with van der Waals surface area (Å²) in [7, 11) is 1.25. The van der Waals surface area contributed by atoms with Crippen molar-refractivity contribution in [2.75, 3.05) is 12.4 Å². The second kappa shape index (κ2) is 5.83. The smallest absolute Gasteiger partial charge is 0.337 e. The van der Waals surface area contributed by atoms with E-state index in [0.717, 1.165) is 0 Å². The van der Waals surface area contributed by atoms with Crippen LogP contribution in [0.5, 0.6) is 5.75 Å². The van der Waals surface area contributed by atoms with Gasteiger partial charge in [-0.2, -0.15) is 0 Å². The fourth-order valence-corrected chi connectivity index (χ4v) is 1.58. The van der Waals surface area contributed by atoms with E-state index in [1.807, 2.05) is 0 Å². The quantitative estimate of drug-likeness (QED) is 0.657. The number of esters is 1. The molecule has 102 valence electrons. The highest BCUT2D eigenvalue weighted by Crippen LogP contribution is 2.25. The van der Waals surface area contributed by atoms with Crippen LogP contribution in [0.2, 0.25) is 0 Å². The molecule has 0 aliphatic carbocycles. The maximum absolute atomic E-state index is 11.9. The number of phenolic OH excluding ortho intramolecular Hbond substituents is 1. The van der Waals surface area contributed by atoms with E-state index in [4.69, 9.17) is 0 Å². The van der Waals surface area contributed by atoms with E-state index < -0.39 is 5.97 Å². The zero-order chi connectivity index (χ0) is 14.5. The Bertz CT molecular complexity index is 641. The van der Waals surface area contributed by atoms with Gasteiger partial charge >= 0.3 is 5.97 Å². The lowest BCUT2D eigenvalue weighted by molar-refractivity contribution is 0.0600. The summed E-state index contributed by atoms with van der Waals surface area (Å²) in [6.07, 6.45) is 2.99. The number of amides is 1. The Labute approximate surface area is 115 Å². The molecule has 0 bridgehead atoms. The number of phenols is 1. The fourth-order valence-electron chi connectivity index (χ4n) is 1.58. The monoisotopic (exact) mass is 272 g/mol. The van der Waals surface area contributed by atoms with Gasteiger partial charge in [0.05, 0.1) is 18.4 Å². The van der Waals surface area contributed by atoms with Crippen LogP contribution >= 0.6 is 0 Å². The Kier molecular flexibility index (Phi) is 3.95. The Morgan fingerprint density at radius 2 is 1.85 bits per heavy atom. The lowest BCUT2D eigenvalue weighted by atomic mass is 10.1. The van der Waals surface area contributed by atoms with E-state index in [1.165, 1.54) is 37.7 Å². The second-order valence-electron chi connectivity index (χ2n) is 3.91. The van der Waals surface area contributed by atoms with Crippen LogP contribution in [0.15, 0.2) is 42.7 Å². The number of aromatic hydroxyl groups is 1. The van der Waals surface area contributed by atoms with Gasteiger partial charge in [0.25, 0.3) is 5.91 Å². The van der Waals surface area contributed by atoms with E-state index in [0.29, 0.717) is 5.56 Å². The molecule has 1 amide bonds. The molecule has 0 radical (unpaired) electrons. The first-order chi connectivity index (χ1) is 9.61. The molecule has 1 heterocycles. The lowest BCUT2D eigenvalue weighted by Gasteiger charge is -2.08. The summed E-state index contributed by atoms with van der Waals surface area (Å²) in [6, 6.07) is 7.22. The van der Waals surface area contributed by atoms with Crippen LogP contribution in [0.1, 0.15) is 20.7 Å². The number of hydrogen-bond acceptors (Lipinski definition) is 5. The van der Waals surface area contributed by atoms with Crippen molar-refractivity contribution in [3.8, 4) is 5.75 Å².